The molecule has 0 spiro atoms. The number of carbonyl (C=O) groups excluding carboxylic acids is 1. The molecule has 0 saturated carbocycles. The summed E-state index contributed by atoms with van der Waals surface area (Å²) in [7, 11) is 0. The van der Waals surface area contributed by atoms with Crippen LogP contribution >= 0.6 is 0 Å². The van der Waals surface area contributed by atoms with E-state index in [9.17, 15) is 9.59 Å². The molecule has 3 rings (SSSR count). The van der Waals surface area contributed by atoms with Crippen LogP contribution in [0.4, 0.5) is 0 Å². The predicted octanol–water partition coefficient (Wildman–Crippen LogP) is 0.720. The first-order valence-electron chi connectivity index (χ1n) is 7.53. The topological polar surface area (TPSA) is 112 Å². The van der Waals surface area contributed by atoms with Gasteiger partial charge in [-0.2, -0.15) is 5.26 Å². The van der Waals surface area contributed by atoms with Gasteiger partial charge in [0, 0.05) is 31.2 Å². The number of nitrogens with one attached hydrogen (secondary N) is 1. The average Bonchev–Trinajstić information content (AvgIpc) is 2.62. The highest BCUT2D eigenvalue weighted by molar-refractivity contribution is 5.93. The zero-order chi connectivity index (χ0) is 16.9. The molecule has 3 heterocycles. The van der Waals surface area contributed by atoms with E-state index in [2.05, 4.69) is 15.0 Å². The molecule has 8 nitrogen and oxygen atoms in total. The molecular formula is C16H15N5O3. The number of pyridine rings is 1. The summed E-state index contributed by atoms with van der Waals surface area (Å²) in [4.78, 5) is 35.7. The number of hydrogen-bond acceptors (Lipinski definition) is 6. The average molecular weight is 325 g/mol. The minimum absolute atomic E-state index is 0.126. The van der Waals surface area contributed by atoms with Crippen LogP contribution in [0, 0.1) is 11.3 Å². The summed E-state index contributed by atoms with van der Waals surface area (Å²) in [5, 5.41) is 9.03. The van der Waals surface area contributed by atoms with Crippen molar-refractivity contribution in [3.8, 4) is 11.9 Å². The first kappa shape index (κ1) is 15.7. The lowest BCUT2D eigenvalue weighted by atomic mass is 10.1. The van der Waals surface area contributed by atoms with Gasteiger partial charge in [0.05, 0.1) is 12.1 Å². The van der Waals surface area contributed by atoms with Gasteiger partial charge in [0.15, 0.2) is 0 Å². The lowest BCUT2D eigenvalue weighted by Gasteiger charge is -2.32. The minimum atomic E-state index is -0.255. The molecule has 0 radical (unpaired) electrons. The molecule has 0 bridgehead atoms. The van der Waals surface area contributed by atoms with E-state index in [1.807, 2.05) is 6.07 Å². The molecule has 0 aromatic carbocycles. The first-order chi connectivity index (χ1) is 11.7. The van der Waals surface area contributed by atoms with Gasteiger partial charge in [-0.05, 0) is 18.9 Å². The number of aromatic nitrogens is 3. The van der Waals surface area contributed by atoms with Crippen molar-refractivity contribution in [2.45, 2.75) is 18.9 Å². The largest absolute Gasteiger partial charge is 0.470 e. The van der Waals surface area contributed by atoms with E-state index in [-0.39, 0.29) is 29.1 Å². The van der Waals surface area contributed by atoms with Gasteiger partial charge in [-0.3, -0.25) is 9.59 Å². The van der Waals surface area contributed by atoms with Crippen molar-refractivity contribution in [3.63, 3.8) is 0 Å². The number of amides is 1. The van der Waals surface area contributed by atoms with Gasteiger partial charge < -0.3 is 14.6 Å². The highest BCUT2D eigenvalue weighted by Crippen LogP contribution is 2.19. The molecule has 122 valence electrons. The molecule has 0 aliphatic carbocycles. The van der Waals surface area contributed by atoms with Gasteiger partial charge in [-0.1, -0.05) is 0 Å². The summed E-state index contributed by atoms with van der Waals surface area (Å²) in [6.45, 7) is 1.00. The fourth-order valence-electron chi connectivity index (χ4n) is 2.59. The summed E-state index contributed by atoms with van der Waals surface area (Å²) in [5.74, 6) is 0.0162. The Morgan fingerprint density at radius 3 is 2.96 bits per heavy atom. The standard InChI is InChI=1S/C16H15N5O3/c17-8-13-15(19-6-5-18-13)24-12-2-1-7-21(10-12)16(23)11-3-4-14(22)20-9-11/h3-6,9,12H,1-2,7,10H2,(H,20,22)/t12-/m0/s1. The Hall–Kier alpha value is -3.21. The third-order valence-electron chi connectivity index (χ3n) is 3.75. The molecule has 0 unspecified atom stereocenters. The van der Waals surface area contributed by atoms with Crippen LogP contribution in [0.1, 0.15) is 28.9 Å². The summed E-state index contributed by atoms with van der Waals surface area (Å²) >= 11 is 0. The normalized spacial score (nSPS) is 17.1. The van der Waals surface area contributed by atoms with Crippen molar-refractivity contribution in [2.24, 2.45) is 0 Å². The molecule has 2 aromatic rings. The Bertz CT molecular complexity index is 822. The van der Waals surface area contributed by atoms with Crippen LogP contribution in [-0.2, 0) is 0 Å². The fourth-order valence-corrected chi connectivity index (χ4v) is 2.59. The number of aromatic amines is 1. The molecule has 1 aliphatic rings. The quantitative estimate of drug-likeness (QED) is 0.890. The number of piperidine rings is 1. The van der Waals surface area contributed by atoms with Crippen molar-refractivity contribution in [1.82, 2.24) is 19.9 Å². The number of nitriles is 1. The Morgan fingerprint density at radius 1 is 1.38 bits per heavy atom. The van der Waals surface area contributed by atoms with E-state index in [0.29, 0.717) is 18.7 Å². The monoisotopic (exact) mass is 325 g/mol. The third kappa shape index (κ3) is 3.41. The van der Waals surface area contributed by atoms with Gasteiger partial charge in [-0.15, -0.1) is 0 Å². The van der Waals surface area contributed by atoms with Gasteiger partial charge in [0.25, 0.3) is 11.8 Å². The maximum absolute atomic E-state index is 12.5. The zero-order valence-electron chi connectivity index (χ0n) is 12.8. The van der Waals surface area contributed by atoms with Crippen molar-refractivity contribution in [2.75, 3.05) is 13.1 Å². The van der Waals surface area contributed by atoms with Crippen LogP contribution in [0.5, 0.6) is 5.88 Å². The number of H-pyrrole nitrogens is 1. The van der Waals surface area contributed by atoms with E-state index >= 15 is 0 Å². The van der Waals surface area contributed by atoms with Crippen LogP contribution in [0.15, 0.2) is 35.5 Å². The van der Waals surface area contributed by atoms with Crippen molar-refractivity contribution in [1.29, 1.82) is 5.26 Å². The molecule has 1 saturated heterocycles. The highest BCUT2D eigenvalue weighted by atomic mass is 16.5. The van der Waals surface area contributed by atoms with E-state index in [1.54, 1.807) is 4.90 Å². The molecule has 1 atom stereocenters. The summed E-state index contributed by atoms with van der Waals surface area (Å²) < 4.78 is 5.76. The Kier molecular flexibility index (Phi) is 4.52. The molecule has 1 amide bonds. The van der Waals surface area contributed by atoms with Crippen LogP contribution in [-0.4, -0.2) is 45.0 Å². The van der Waals surface area contributed by atoms with Gasteiger partial charge in [-0.25, -0.2) is 9.97 Å². The van der Waals surface area contributed by atoms with Crippen LogP contribution in [0.2, 0.25) is 0 Å². The second kappa shape index (κ2) is 6.91. The number of hydrogen-bond donors (Lipinski definition) is 1. The number of carbonyl (C=O) groups is 1. The molecule has 1 fully saturated rings. The zero-order valence-corrected chi connectivity index (χ0v) is 12.8. The first-order valence-corrected chi connectivity index (χ1v) is 7.53. The van der Waals surface area contributed by atoms with Gasteiger partial charge in [0.1, 0.15) is 12.2 Å². The van der Waals surface area contributed by atoms with E-state index in [0.717, 1.165) is 12.8 Å². The van der Waals surface area contributed by atoms with Crippen molar-refractivity contribution >= 4 is 5.91 Å². The van der Waals surface area contributed by atoms with Crippen molar-refractivity contribution < 1.29 is 9.53 Å². The van der Waals surface area contributed by atoms with Crippen LogP contribution in [0.3, 0.4) is 0 Å². The van der Waals surface area contributed by atoms with Crippen molar-refractivity contribution in [3.05, 3.63) is 52.3 Å². The maximum atomic E-state index is 12.5. The Balaban J connectivity index is 1.70. The third-order valence-corrected chi connectivity index (χ3v) is 3.75. The number of ether oxygens (including phenoxy) is 1. The summed E-state index contributed by atoms with van der Waals surface area (Å²) in [5.41, 5.74) is 0.298. The Morgan fingerprint density at radius 2 is 2.21 bits per heavy atom. The highest BCUT2D eigenvalue weighted by Gasteiger charge is 2.26. The van der Waals surface area contributed by atoms with E-state index < -0.39 is 0 Å². The molecule has 1 aliphatic heterocycles. The molecule has 8 heteroatoms. The fraction of sp³-hybridized carbons (Fsp3) is 0.312. The second-order valence-corrected chi connectivity index (χ2v) is 5.40. The van der Waals surface area contributed by atoms with Crippen LogP contribution < -0.4 is 10.3 Å². The van der Waals surface area contributed by atoms with Gasteiger partial charge in [0.2, 0.25) is 11.3 Å². The second-order valence-electron chi connectivity index (χ2n) is 5.40. The lowest BCUT2D eigenvalue weighted by molar-refractivity contribution is 0.0525. The lowest BCUT2D eigenvalue weighted by Crippen LogP contribution is -2.44. The smallest absolute Gasteiger partial charge is 0.255 e. The molecule has 2 aromatic heterocycles. The molecule has 24 heavy (non-hydrogen) atoms. The SMILES string of the molecule is N#Cc1nccnc1O[C@H]1CCCN(C(=O)c2ccc(=O)[nH]c2)C1. The summed E-state index contributed by atoms with van der Waals surface area (Å²) in [6.07, 6.45) is 5.58. The molecule has 1 N–H and O–H groups in total. The summed E-state index contributed by atoms with van der Waals surface area (Å²) in [6, 6.07) is 4.76. The van der Waals surface area contributed by atoms with Crippen LogP contribution in [0.25, 0.3) is 0 Å². The number of likely N-dealkylation sites (tertiary alicyclic amines) is 1. The maximum Gasteiger partial charge on any atom is 0.255 e. The number of rotatable bonds is 3. The Labute approximate surface area is 137 Å². The van der Waals surface area contributed by atoms with Gasteiger partial charge >= 0.3 is 0 Å². The van der Waals surface area contributed by atoms with E-state index in [4.69, 9.17) is 10.00 Å². The minimum Gasteiger partial charge on any atom is -0.470 e. The number of nitrogens with zero attached hydrogens (tertiary/aromatic N) is 4. The van der Waals surface area contributed by atoms with E-state index in [1.165, 1.54) is 30.7 Å². The molecular weight excluding hydrogens is 310 g/mol. The predicted molar refractivity (Wildman–Crippen MR) is 83.4 cm³/mol.